The zero-order valence-electron chi connectivity index (χ0n) is 12.9. The number of benzene rings is 2. The van der Waals surface area contributed by atoms with Crippen LogP contribution in [0.5, 0.6) is 0 Å². The van der Waals surface area contributed by atoms with Crippen molar-refractivity contribution in [3.63, 3.8) is 0 Å². The van der Waals surface area contributed by atoms with Crippen molar-refractivity contribution in [3.8, 4) is 11.1 Å². The number of carbonyl (C=O) groups excluding carboxylic acids is 1. The van der Waals surface area contributed by atoms with Gasteiger partial charge in [0.25, 0.3) is 0 Å². The summed E-state index contributed by atoms with van der Waals surface area (Å²) in [7, 11) is 0. The predicted octanol–water partition coefficient (Wildman–Crippen LogP) is 6.55. The van der Waals surface area contributed by atoms with Crippen molar-refractivity contribution in [1.29, 1.82) is 0 Å². The van der Waals surface area contributed by atoms with Gasteiger partial charge in [0.15, 0.2) is 0 Å². The summed E-state index contributed by atoms with van der Waals surface area (Å²) < 4.78 is 39.0. The van der Waals surface area contributed by atoms with E-state index in [9.17, 15) is 18.0 Å². The van der Waals surface area contributed by atoms with Crippen LogP contribution in [0.1, 0.15) is 20.8 Å². The summed E-state index contributed by atoms with van der Waals surface area (Å²) in [5.41, 5.74) is 5.73. The van der Waals surface area contributed by atoms with E-state index in [0.717, 1.165) is 23.5 Å². The number of nitrogen functional groups attached to an aromatic ring is 1. The lowest BCUT2D eigenvalue weighted by molar-refractivity contribution is -0.137. The molecule has 3 rings (SSSR count). The summed E-state index contributed by atoms with van der Waals surface area (Å²) in [6, 6.07) is 10.6. The molecule has 0 amide bonds. The summed E-state index contributed by atoms with van der Waals surface area (Å²) >= 11 is 13.0. The molecule has 2 aromatic carbocycles. The van der Waals surface area contributed by atoms with E-state index in [1.165, 1.54) is 36.4 Å². The lowest BCUT2D eigenvalue weighted by atomic mass is 10.00. The van der Waals surface area contributed by atoms with Crippen LogP contribution in [0, 0.1) is 0 Å². The standard InChI is InChI=1S/C18H10Cl2F3NOS/c19-11-4-5-14(20)13(7-11)16(25)17-12(8-15(24)26-17)9-2-1-3-10(6-9)18(21,22)23/h1-8H,24H2. The average molecular weight is 416 g/mol. The Balaban J connectivity index is 2.13. The second-order valence-corrected chi connectivity index (χ2v) is 7.35. The van der Waals surface area contributed by atoms with Crippen LogP contribution in [0.15, 0.2) is 48.5 Å². The van der Waals surface area contributed by atoms with Crippen LogP contribution in [0.3, 0.4) is 0 Å². The van der Waals surface area contributed by atoms with E-state index in [-0.39, 0.29) is 21.0 Å². The third-order valence-electron chi connectivity index (χ3n) is 3.63. The summed E-state index contributed by atoms with van der Waals surface area (Å²) in [5.74, 6) is -0.452. The summed E-state index contributed by atoms with van der Waals surface area (Å²) in [6.45, 7) is 0. The van der Waals surface area contributed by atoms with Crippen LogP contribution in [-0.2, 0) is 6.18 Å². The lowest BCUT2D eigenvalue weighted by Gasteiger charge is -2.09. The highest BCUT2D eigenvalue weighted by atomic mass is 35.5. The average Bonchev–Trinajstić information content (AvgIpc) is 2.97. The summed E-state index contributed by atoms with van der Waals surface area (Å²) in [6.07, 6.45) is -4.49. The fourth-order valence-electron chi connectivity index (χ4n) is 2.45. The Hall–Kier alpha value is -2.02. The van der Waals surface area contributed by atoms with Crippen molar-refractivity contribution in [1.82, 2.24) is 0 Å². The van der Waals surface area contributed by atoms with Crippen molar-refractivity contribution >= 4 is 45.3 Å². The van der Waals surface area contributed by atoms with Crippen molar-refractivity contribution in [2.75, 3.05) is 5.73 Å². The molecule has 0 aliphatic heterocycles. The van der Waals surface area contributed by atoms with Gasteiger partial charge in [-0.3, -0.25) is 4.79 Å². The van der Waals surface area contributed by atoms with E-state index in [1.807, 2.05) is 0 Å². The molecule has 8 heteroatoms. The molecule has 0 bridgehead atoms. The Kier molecular flexibility index (Phi) is 5.01. The number of hydrogen-bond donors (Lipinski definition) is 1. The molecule has 0 spiro atoms. The molecular weight excluding hydrogens is 406 g/mol. The Bertz CT molecular complexity index is 998. The van der Waals surface area contributed by atoms with Gasteiger partial charge >= 0.3 is 6.18 Å². The molecule has 2 nitrogen and oxygen atoms in total. The van der Waals surface area contributed by atoms with Gasteiger partial charge in [0.1, 0.15) is 0 Å². The number of thiophene rings is 1. The van der Waals surface area contributed by atoms with Crippen molar-refractivity contribution in [2.24, 2.45) is 0 Å². The van der Waals surface area contributed by atoms with E-state index < -0.39 is 17.5 Å². The number of rotatable bonds is 3. The molecule has 26 heavy (non-hydrogen) atoms. The molecule has 0 unspecified atom stereocenters. The van der Waals surface area contributed by atoms with Crippen LogP contribution >= 0.6 is 34.5 Å². The molecule has 0 fully saturated rings. The maximum atomic E-state index is 13.0. The smallest absolute Gasteiger partial charge is 0.391 e. The largest absolute Gasteiger partial charge is 0.416 e. The minimum atomic E-state index is -4.49. The van der Waals surface area contributed by atoms with Crippen molar-refractivity contribution in [2.45, 2.75) is 6.18 Å². The van der Waals surface area contributed by atoms with Gasteiger partial charge in [-0.25, -0.2) is 0 Å². The van der Waals surface area contributed by atoms with E-state index in [2.05, 4.69) is 0 Å². The third kappa shape index (κ3) is 3.72. The maximum Gasteiger partial charge on any atom is 0.416 e. The van der Waals surface area contributed by atoms with Crippen LogP contribution in [0.2, 0.25) is 10.0 Å². The zero-order valence-corrected chi connectivity index (χ0v) is 15.2. The van der Waals surface area contributed by atoms with Gasteiger partial charge in [0, 0.05) is 16.1 Å². The number of carbonyl (C=O) groups is 1. The molecule has 3 aromatic rings. The first-order chi connectivity index (χ1) is 12.2. The molecule has 1 heterocycles. The highest BCUT2D eigenvalue weighted by Crippen LogP contribution is 2.38. The fourth-order valence-corrected chi connectivity index (χ4v) is 3.73. The van der Waals surface area contributed by atoms with Gasteiger partial charge in [-0.05, 0) is 42.0 Å². The molecule has 0 radical (unpaired) electrons. The molecule has 134 valence electrons. The Labute approximate surface area is 161 Å². The minimum Gasteiger partial charge on any atom is -0.391 e. The first-order valence-electron chi connectivity index (χ1n) is 7.23. The van der Waals surface area contributed by atoms with Crippen molar-refractivity contribution < 1.29 is 18.0 Å². The Morgan fingerprint density at radius 2 is 1.77 bits per heavy atom. The Morgan fingerprint density at radius 1 is 1.04 bits per heavy atom. The number of ketones is 1. The normalized spacial score (nSPS) is 11.6. The van der Waals surface area contributed by atoms with E-state index in [1.54, 1.807) is 0 Å². The fraction of sp³-hybridized carbons (Fsp3) is 0.0556. The number of anilines is 1. The molecule has 0 saturated heterocycles. The third-order valence-corrected chi connectivity index (χ3v) is 5.16. The number of halogens is 5. The molecule has 0 saturated carbocycles. The van der Waals surface area contributed by atoms with E-state index >= 15 is 0 Å². The zero-order chi connectivity index (χ0) is 19.1. The number of hydrogen-bond acceptors (Lipinski definition) is 3. The highest BCUT2D eigenvalue weighted by Gasteiger charge is 2.31. The number of alkyl halides is 3. The minimum absolute atomic E-state index is 0.161. The van der Waals surface area contributed by atoms with E-state index in [0.29, 0.717) is 15.6 Å². The van der Waals surface area contributed by atoms with Crippen LogP contribution < -0.4 is 5.73 Å². The van der Waals surface area contributed by atoms with Crippen LogP contribution in [0.25, 0.3) is 11.1 Å². The molecule has 1 aromatic heterocycles. The monoisotopic (exact) mass is 415 g/mol. The van der Waals surface area contributed by atoms with Gasteiger partial charge in [-0.2, -0.15) is 13.2 Å². The van der Waals surface area contributed by atoms with Gasteiger partial charge in [0.05, 0.1) is 20.5 Å². The Morgan fingerprint density at radius 3 is 2.46 bits per heavy atom. The second-order valence-electron chi connectivity index (χ2n) is 5.42. The second kappa shape index (κ2) is 6.95. The maximum absolute atomic E-state index is 13.0. The van der Waals surface area contributed by atoms with Gasteiger partial charge in [0.2, 0.25) is 5.78 Å². The summed E-state index contributed by atoms with van der Waals surface area (Å²) in [5, 5.41) is 0.822. The first kappa shape index (κ1) is 18.8. The van der Waals surface area contributed by atoms with Gasteiger partial charge in [-0.15, -0.1) is 11.3 Å². The van der Waals surface area contributed by atoms with Crippen molar-refractivity contribution in [3.05, 3.63) is 74.6 Å². The van der Waals surface area contributed by atoms with Gasteiger partial charge < -0.3 is 5.73 Å². The molecule has 0 atom stereocenters. The molecule has 0 aliphatic rings. The lowest BCUT2D eigenvalue weighted by Crippen LogP contribution is -2.05. The SMILES string of the molecule is Nc1cc(-c2cccc(C(F)(F)F)c2)c(C(=O)c2cc(Cl)ccc2Cl)s1. The molecule has 2 N–H and O–H groups in total. The van der Waals surface area contributed by atoms with E-state index in [4.69, 9.17) is 28.9 Å². The van der Waals surface area contributed by atoms with Gasteiger partial charge in [-0.1, -0.05) is 35.3 Å². The highest BCUT2D eigenvalue weighted by molar-refractivity contribution is 7.18. The molecule has 0 aliphatic carbocycles. The summed E-state index contributed by atoms with van der Waals surface area (Å²) in [4.78, 5) is 13.1. The number of nitrogens with two attached hydrogens (primary N) is 1. The predicted molar refractivity (Wildman–Crippen MR) is 99.1 cm³/mol. The topological polar surface area (TPSA) is 43.1 Å². The molecular formula is C18H10Cl2F3NOS. The quantitative estimate of drug-likeness (QED) is 0.492. The first-order valence-corrected chi connectivity index (χ1v) is 8.81. The van der Waals surface area contributed by atoms with Crippen LogP contribution in [-0.4, -0.2) is 5.78 Å². The van der Waals surface area contributed by atoms with Crippen LogP contribution in [0.4, 0.5) is 18.2 Å².